The molecule has 3 rings (SSSR count). The lowest BCUT2D eigenvalue weighted by atomic mass is 10.1. The van der Waals surface area contributed by atoms with Gasteiger partial charge in [-0.3, -0.25) is 4.79 Å². The van der Waals surface area contributed by atoms with Crippen LogP contribution < -0.4 is 5.32 Å². The van der Waals surface area contributed by atoms with Crippen LogP contribution in [0.25, 0.3) is 5.69 Å². The van der Waals surface area contributed by atoms with Gasteiger partial charge in [0.1, 0.15) is 0 Å². The van der Waals surface area contributed by atoms with Crippen LogP contribution in [0.1, 0.15) is 27.3 Å². The van der Waals surface area contributed by atoms with E-state index in [-0.39, 0.29) is 10.8 Å². The lowest BCUT2D eigenvalue weighted by Gasteiger charge is -2.14. The molecule has 1 heterocycles. The van der Waals surface area contributed by atoms with Crippen LogP contribution in [0.2, 0.25) is 0 Å². The van der Waals surface area contributed by atoms with Crippen LogP contribution in [0.4, 0.5) is 5.69 Å². The van der Waals surface area contributed by atoms with Crippen molar-refractivity contribution < 1.29 is 13.2 Å². The Kier molecular flexibility index (Phi) is 5.59. The summed E-state index contributed by atoms with van der Waals surface area (Å²) in [5.74, 6) is -0.313. The van der Waals surface area contributed by atoms with Gasteiger partial charge in [-0.25, -0.2) is 17.4 Å². The number of benzene rings is 2. The van der Waals surface area contributed by atoms with Gasteiger partial charge >= 0.3 is 0 Å². The number of aryl methyl sites for hydroxylation is 3. The van der Waals surface area contributed by atoms with Crippen LogP contribution >= 0.6 is 0 Å². The number of aromatic nitrogens is 2. The fraction of sp³-hybridized carbons (Fsp3) is 0.238. The van der Waals surface area contributed by atoms with E-state index in [2.05, 4.69) is 10.4 Å². The summed E-state index contributed by atoms with van der Waals surface area (Å²) in [4.78, 5) is 12.8. The normalized spacial score (nSPS) is 11.7. The Morgan fingerprint density at radius 1 is 1.00 bits per heavy atom. The van der Waals surface area contributed by atoms with Gasteiger partial charge in [-0.05, 0) is 68.8 Å². The zero-order valence-electron chi connectivity index (χ0n) is 17.1. The van der Waals surface area contributed by atoms with Gasteiger partial charge in [0.15, 0.2) is 0 Å². The van der Waals surface area contributed by atoms with Crippen LogP contribution in [0.5, 0.6) is 0 Å². The van der Waals surface area contributed by atoms with Gasteiger partial charge in [-0.1, -0.05) is 6.07 Å². The molecule has 0 bridgehead atoms. The Morgan fingerprint density at radius 3 is 2.21 bits per heavy atom. The molecule has 0 spiro atoms. The first-order chi connectivity index (χ1) is 13.6. The predicted octanol–water partition coefficient (Wildman–Crippen LogP) is 3.30. The van der Waals surface area contributed by atoms with Crippen molar-refractivity contribution in [2.24, 2.45) is 0 Å². The van der Waals surface area contributed by atoms with Crippen molar-refractivity contribution in [3.05, 3.63) is 71.0 Å². The molecule has 2 aromatic carbocycles. The van der Waals surface area contributed by atoms with Crippen molar-refractivity contribution in [2.75, 3.05) is 19.4 Å². The number of carbonyl (C=O) groups is 1. The number of rotatable bonds is 5. The number of hydrogen-bond acceptors (Lipinski definition) is 4. The summed E-state index contributed by atoms with van der Waals surface area (Å²) in [6, 6.07) is 13.8. The summed E-state index contributed by atoms with van der Waals surface area (Å²) < 4.78 is 27.7. The van der Waals surface area contributed by atoms with Gasteiger partial charge in [-0.2, -0.15) is 5.10 Å². The van der Waals surface area contributed by atoms with E-state index >= 15 is 0 Å². The quantitative estimate of drug-likeness (QED) is 0.697. The fourth-order valence-corrected chi connectivity index (χ4v) is 3.87. The molecule has 0 saturated carbocycles. The molecule has 1 N–H and O–H groups in total. The first-order valence-corrected chi connectivity index (χ1v) is 10.5. The highest BCUT2D eigenvalue weighted by Gasteiger charge is 2.19. The van der Waals surface area contributed by atoms with Crippen molar-refractivity contribution in [3.63, 3.8) is 0 Å². The van der Waals surface area contributed by atoms with E-state index in [1.807, 2.05) is 43.7 Å². The maximum Gasteiger partial charge on any atom is 0.255 e. The summed E-state index contributed by atoms with van der Waals surface area (Å²) in [6.45, 7) is 5.71. The maximum absolute atomic E-state index is 12.7. The molecule has 152 valence electrons. The van der Waals surface area contributed by atoms with Crippen molar-refractivity contribution in [2.45, 2.75) is 25.7 Å². The number of sulfonamides is 1. The highest BCUT2D eigenvalue weighted by atomic mass is 32.2. The number of amides is 1. The second-order valence-electron chi connectivity index (χ2n) is 7.10. The van der Waals surface area contributed by atoms with Crippen molar-refractivity contribution in [3.8, 4) is 5.69 Å². The van der Waals surface area contributed by atoms with Crippen LogP contribution in [0.3, 0.4) is 0 Å². The zero-order chi connectivity index (χ0) is 21.3. The highest BCUT2D eigenvalue weighted by Crippen LogP contribution is 2.23. The molecule has 0 atom stereocenters. The van der Waals surface area contributed by atoms with Crippen molar-refractivity contribution in [1.29, 1.82) is 0 Å². The molecule has 1 amide bonds. The molecule has 0 unspecified atom stereocenters. The average Bonchev–Trinajstić information content (AvgIpc) is 3.01. The molecule has 3 aromatic rings. The highest BCUT2D eigenvalue weighted by molar-refractivity contribution is 7.89. The fourth-order valence-electron chi connectivity index (χ4n) is 2.95. The van der Waals surface area contributed by atoms with Gasteiger partial charge in [0.05, 0.1) is 16.3 Å². The number of hydrogen-bond donors (Lipinski definition) is 1. The van der Waals surface area contributed by atoms with E-state index in [4.69, 9.17) is 0 Å². The van der Waals surface area contributed by atoms with Gasteiger partial charge in [-0.15, -0.1) is 0 Å². The smallest absolute Gasteiger partial charge is 0.255 e. The zero-order valence-corrected chi connectivity index (χ0v) is 17.9. The lowest BCUT2D eigenvalue weighted by Crippen LogP contribution is -2.22. The molecular weight excluding hydrogens is 388 g/mol. The molecule has 0 saturated heterocycles. The third kappa shape index (κ3) is 4.23. The van der Waals surface area contributed by atoms with E-state index in [0.717, 1.165) is 26.9 Å². The minimum Gasteiger partial charge on any atom is -0.322 e. The molecule has 0 fully saturated rings. The second kappa shape index (κ2) is 7.81. The summed E-state index contributed by atoms with van der Waals surface area (Å²) in [6.07, 6.45) is 0. The van der Waals surface area contributed by atoms with E-state index in [9.17, 15) is 13.2 Å². The number of nitrogens with one attached hydrogen (secondary N) is 1. The van der Waals surface area contributed by atoms with Crippen LogP contribution in [0, 0.1) is 20.8 Å². The molecule has 29 heavy (non-hydrogen) atoms. The average molecular weight is 413 g/mol. The summed E-state index contributed by atoms with van der Waals surface area (Å²) >= 11 is 0. The number of carbonyl (C=O) groups excluding carboxylic acids is 1. The minimum absolute atomic E-state index is 0.128. The lowest BCUT2D eigenvalue weighted by molar-refractivity contribution is 0.102. The Morgan fingerprint density at radius 2 is 1.66 bits per heavy atom. The van der Waals surface area contributed by atoms with Gasteiger partial charge in [0, 0.05) is 31.0 Å². The SMILES string of the molecule is Cc1cc(C)n(-c2ccc(C(=O)Nc3cc(S(=O)(=O)N(C)C)ccc3C)cc2)n1. The van der Waals surface area contributed by atoms with E-state index in [1.54, 1.807) is 18.2 Å². The first kappa shape index (κ1) is 20.8. The maximum atomic E-state index is 12.7. The Labute approximate surface area is 171 Å². The monoisotopic (exact) mass is 412 g/mol. The summed E-state index contributed by atoms with van der Waals surface area (Å²) in [7, 11) is -0.643. The van der Waals surface area contributed by atoms with E-state index < -0.39 is 10.0 Å². The van der Waals surface area contributed by atoms with Crippen LogP contribution in [-0.4, -0.2) is 42.5 Å². The Hall–Kier alpha value is -2.97. The first-order valence-electron chi connectivity index (χ1n) is 9.08. The van der Waals surface area contributed by atoms with Crippen LogP contribution in [-0.2, 0) is 10.0 Å². The van der Waals surface area contributed by atoms with Crippen molar-refractivity contribution in [1.82, 2.24) is 14.1 Å². The third-order valence-electron chi connectivity index (χ3n) is 4.62. The largest absolute Gasteiger partial charge is 0.322 e. The van der Waals surface area contributed by atoms with Gasteiger partial charge in [0.25, 0.3) is 5.91 Å². The summed E-state index contributed by atoms with van der Waals surface area (Å²) in [5, 5.41) is 7.24. The molecule has 0 aliphatic carbocycles. The summed E-state index contributed by atoms with van der Waals surface area (Å²) in [5.41, 5.74) is 4.50. The molecular formula is C21H24N4O3S. The van der Waals surface area contributed by atoms with Gasteiger partial charge < -0.3 is 5.32 Å². The van der Waals surface area contributed by atoms with Crippen LogP contribution in [0.15, 0.2) is 53.4 Å². The topological polar surface area (TPSA) is 84.3 Å². The number of anilines is 1. The second-order valence-corrected chi connectivity index (χ2v) is 9.26. The minimum atomic E-state index is -3.58. The van der Waals surface area contributed by atoms with E-state index in [1.165, 1.54) is 26.2 Å². The molecule has 1 aromatic heterocycles. The van der Waals surface area contributed by atoms with E-state index in [0.29, 0.717) is 11.3 Å². The number of nitrogens with zero attached hydrogens (tertiary/aromatic N) is 3. The Balaban J connectivity index is 1.84. The molecule has 0 aliphatic rings. The standard InChI is InChI=1S/C21H24N4O3S/c1-14-6-11-19(29(27,28)24(4)5)13-20(14)22-21(26)17-7-9-18(10-8-17)25-16(3)12-15(2)23-25/h6-13H,1-5H3,(H,22,26). The Bertz CT molecular complexity index is 1160. The molecule has 0 aliphatic heterocycles. The molecule has 8 heteroatoms. The molecule has 7 nitrogen and oxygen atoms in total. The molecule has 0 radical (unpaired) electrons. The van der Waals surface area contributed by atoms with Crippen molar-refractivity contribution >= 4 is 21.6 Å². The predicted molar refractivity (Wildman–Crippen MR) is 113 cm³/mol. The third-order valence-corrected chi connectivity index (χ3v) is 6.43. The van der Waals surface area contributed by atoms with Gasteiger partial charge in [0.2, 0.25) is 10.0 Å².